The highest BCUT2D eigenvalue weighted by Crippen LogP contribution is 2.27. The summed E-state index contributed by atoms with van der Waals surface area (Å²) < 4.78 is 10.4. The molecule has 0 saturated carbocycles. The molecule has 26 heavy (non-hydrogen) atoms. The third kappa shape index (κ3) is 4.22. The minimum absolute atomic E-state index is 0.0264. The number of rotatable bonds is 5. The van der Waals surface area contributed by atoms with Gasteiger partial charge in [0.25, 0.3) is 11.5 Å². The summed E-state index contributed by atoms with van der Waals surface area (Å²) >= 11 is 0. The van der Waals surface area contributed by atoms with Crippen LogP contribution < -0.4 is 20.3 Å². The van der Waals surface area contributed by atoms with Gasteiger partial charge in [-0.05, 0) is 24.6 Å². The molecule has 1 aromatic carbocycles. The van der Waals surface area contributed by atoms with Crippen molar-refractivity contribution < 1.29 is 14.3 Å². The number of hydrogen-bond donors (Lipinski definition) is 2. The molecule has 1 heterocycles. The molecule has 7 nitrogen and oxygen atoms in total. The van der Waals surface area contributed by atoms with Crippen LogP contribution in [0.25, 0.3) is 0 Å². The molecule has 7 heteroatoms. The SMILES string of the molecule is COc1ccc(CNC(=O)c2c(C)nc(C(C)(C)C)[nH]c2=O)cc1OC. The molecule has 0 saturated heterocycles. The van der Waals surface area contributed by atoms with Gasteiger partial charge in [-0.25, -0.2) is 4.98 Å². The van der Waals surface area contributed by atoms with Crippen molar-refractivity contribution in [2.75, 3.05) is 14.2 Å². The minimum Gasteiger partial charge on any atom is -0.493 e. The molecule has 1 aromatic heterocycles. The lowest BCUT2D eigenvalue weighted by Crippen LogP contribution is -2.33. The molecule has 1 amide bonds. The van der Waals surface area contributed by atoms with Crippen molar-refractivity contribution in [2.45, 2.75) is 39.7 Å². The summed E-state index contributed by atoms with van der Waals surface area (Å²) in [6.07, 6.45) is 0. The smallest absolute Gasteiger partial charge is 0.264 e. The Bertz CT molecular complexity index is 866. The number of methoxy groups -OCH3 is 2. The van der Waals surface area contributed by atoms with E-state index in [2.05, 4.69) is 15.3 Å². The van der Waals surface area contributed by atoms with Crippen LogP contribution in [0.1, 0.15) is 48.2 Å². The molecule has 0 aliphatic heterocycles. The average molecular weight is 359 g/mol. The third-order valence-electron chi connectivity index (χ3n) is 3.94. The first kappa shape index (κ1) is 19.5. The van der Waals surface area contributed by atoms with Gasteiger partial charge >= 0.3 is 0 Å². The van der Waals surface area contributed by atoms with Crippen LogP contribution in [0.15, 0.2) is 23.0 Å². The fourth-order valence-corrected chi connectivity index (χ4v) is 2.47. The average Bonchev–Trinajstić information content (AvgIpc) is 2.58. The molecule has 0 radical (unpaired) electrons. The zero-order valence-corrected chi connectivity index (χ0v) is 16.0. The van der Waals surface area contributed by atoms with E-state index >= 15 is 0 Å². The summed E-state index contributed by atoms with van der Waals surface area (Å²) in [5.74, 6) is 1.27. The van der Waals surface area contributed by atoms with Gasteiger partial charge in [0.05, 0.1) is 19.9 Å². The lowest BCUT2D eigenvalue weighted by atomic mass is 9.95. The van der Waals surface area contributed by atoms with Gasteiger partial charge in [-0.2, -0.15) is 0 Å². The molecule has 0 atom stereocenters. The number of nitrogens with zero attached hydrogens (tertiary/aromatic N) is 1. The van der Waals surface area contributed by atoms with Gasteiger partial charge in [0.15, 0.2) is 11.5 Å². The third-order valence-corrected chi connectivity index (χ3v) is 3.94. The Balaban J connectivity index is 2.20. The summed E-state index contributed by atoms with van der Waals surface area (Å²) in [4.78, 5) is 31.9. The molecule has 2 N–H and O–H groups in total. The van der Waals surface area contributed by atoms with E-state index in [4.69, 9.17) is 9.47 Å². The predicted octanol–water partition coefficient (Wildman–Crippen LogP) is 2.32. The van der Waals surface area contributed by atoms with Gasteiger partial charge in [-0.1, -0.05) is 26.8 Å². The van der Waals surface area contributed by atoms with Gasteiger partial charge in [-0.15, -0.1) is 0 Å². The van der Waals surface area contributed by atoms with Gasteiger partial charge in [0, 0.05) is 12.0 Å². The molecule has 140 valence electrons. The second kappa shape index (κ2) is 7.59. The van der Waals surface area contributed by atoms with E-state index in [1.165, 1.54) is 0 Å². The summed E-state index contributed by atoms with van der Waals surface area (Å²) in [7, 11) is 3.11. The Labute approximate surface area is 152 Å². The van der Waals surface area contributed by atoms with Crippen LogP contribution in [0.4, 0.5) is 0 Å². The summed E-state index contributed by atoms with van der Waals surface area (Å²) in [5, 5.41) is 2.75. The van der Waals surface area contributed by atoms with Gasteiger partial charge in [-0.3, -0.25) is 9.59 Å². The quantitative estimate of drug-likeness (QED) is 0.855. The van der Waals surface area contributed by atoms with E-state index in [1.807, 2.05) is 26.8 Å². The van der Waals surface area contributed by atoms with Crippen LogP contribution >= 0.6 is 0 Å². The maximum absolute atomic E-state index is 12.5. The topological polar surface area (TPSA) is 93.3 Å². The fraction of sp³-hybridized carbons (Fsp3) is 0.421. The van der Waals surface area contributed by atoms with Crippen LogP contribution in [-0.4, -0.2) is 30.1 Å². The Kier molecular flexibility index (Phi) is 5.69. The molecule has 2 rings (SSSR count). The molecule has 0 fully saturated rings. The summed E-state index contributed by atoms with van der Waals surface area (Å²) in [6.45, 7) is 7.75. The maximum Gasteiger partial charge on any atom is 0.264 e. The van der Waals surface area contributed by atoms with Crippen molar-refractivity contribution >= 4 is 5.91 Å². The largest absolute Gasteiger partial charge is 0.493 e. The minimum atomic E-state index is -0.466. The number of aromatic amines is 1. The number of nitrogens with one attached hydrogen (secondary N) is 2. The highest BCUT2D eigenvalue weighted by atomic mass is 16.5. The molecule has 0 aliphatic rings. The molecular weight excluding hydrogens is 334 g/mol. The van der Waals surface area contributed by atoms with Crippen molar-refractivity contribution in [3.8, 4) is 11.5 Å². The van der Waals surface area contributed by atoms with E-state index in [9.17, 15) is 9.59 Å². The Hall–Kier alpha value is -2.83. The maximum atomic E-state index is 12.5. The predicted molar refractivity (Wildman–Crippen MR) is 99.0 cm³/mol. The highest BCUT2D eigenvalue weighted by molar-refractivity contribution is 5.94. The second-order valence-electron chi connectivity index (χ2n) is 7.00. The monoisotopic (exact) mass is 359 g/mol. The summed E-state index contributed by atoms with van der Waals surface area (Å²) in [6, 6.07) is 5.36. The number of carbonyl (C=O) groups excluding carboxylic acids is 1. The number of hydrogen-bond acceptors (Lipinski definition) is 5. The van der Waals surface area contributed by atoms with Crippen LogP contribution in [0, 0.1) is 6.92 Å². The van der Waals surface area contributed by atoms with E-state index in [-0.39, 0.29) is 17.5 Å². The first-order valence-electron chi connectivity index (χ1n) is 8.28. The number of aryl methyl sites for hydroxylation is 1. The van der Waals surface area contributed by atoms with E-state index in [0.717, 1.165) is 5.56 Å². The Morgan fingerprint density at radius 1 is 1.19 bits per heavy atom. The standard InChI is InChI=1S/C19H25N3O4/c1-11-15(17(24)22-18(21-11)19(2,3)4)16(23)20-10-12-7-8-13(25-5)14(9-12)26-6/h7-9H,10H2,1-6H3,(H,20,23)(H,21,22,24). The molecule has 2 aromatic rings. The Morgan fingerprint density at radius 2 is 1.85 bits per heavy atom. The zero-order chi connectivity index (χ0) is 19.5. The molecule has 0 aliphatic carbocycles. The number of ether oxygens (including phenoxy) is 2. The van der Waals surface area contributed by atoms with Gasteiger partial charge in [0.1, 0.15) is 11.4 Å². The van der Waals surface area contributed by atoms with Gasteiger partial charge in [0.2, 0.25) is 0 Å². The second-order valence-corrected chi connectivity index (χ2v) is 7.00. The van der Waals surface area contributed by atoms with Crippen molar-refractivity contribution in [2.24, 2.45) is 0 Å². The highest BCUT2D eigenvalue weighted by Gasteiger charge is 2.22. The van der Waals surface area contributed by atoms with Crippen LogP contribution in [0.2, 0.25) is 0 Å². The lowest BCUT2D eigenvalue weighted by molar-refractivity contribution is 0.0948. The normalized spacial score (nSPS) is 11.2. The van der Waals surface area contributed by atoms with Crippen molar-refractivity contribution in [1.82, 2.24) is 15.3 Å². The van der Waals surface area contributed by atoms with Crippen LogP contribution in [0.5, 0.6) is 11.5 Å². The zero-order valence-electron chi connectivity index (χ0n) is 16.0. The van der Waals surface area contributed by atoms with Crippen molar-refractivity contribution in [3.63, 3.8) is 0 Å². The Morgan fingerprint density at radius 3 is 2.38 bits per heavy atom. The first-order chi connectivity index (χ1) is 12.2. The fourth-order valence-electron chi connectivity index (χ4n) is 2.47. The van der Waals surface area contributed by atoms with Crippen LogP contribution in [0.3, 0.4) is 0 Å². The molecule has 0 unspecified atom stereocenters. The number of amides is 1. The molecule has 0 bridgehead atoms. The number of aromatic nitrogens is 2. The number of H-pyrrole nitrogens is 1. The molecular formula is C19H25N3O4. The van der Waals surface area contributed by atoms with E-state index < -0.39 is 11.5 Å². The van der Waals surface area contributed by atoms with E-state index in [1.54, 1.807) is 33.3 Å². The van der Waals surface area contributed by atoms with Crippen LogP contribution in [-0.2, 0) is 12.0 Å². The number of carbonyl (C=O) groups is 1. The lowest BCUT2D eigenvalue weighted by Gasteiger charge is -2.18. The number of benzene rings is 1. The first-order valence-corrected chi connectivity index (χ1v) is 8.28. The van der Waals surface area contributed by atoms with Gasteiger partial charge < -0.3 is 19.8 Å². The van der Waals surface area contributed by atoms with Crippen molar-refractivity contribution in [1.29, 1.82) is 0 Å². The van der Waals surface area contributed by atoms with E-state index in [0.29, 0.717) is 23.0 Å². The molecule has 0 spiro atoms. The van der Waals surface area contributed by atoms with Crippen molar-refractivity contribution in [3.05, 3.63) is 51.2 Å². The summed E-state index contributed by atoms with van der Waals surface area (Å²) in [5.41, 5.74) is 0.511.